The van der Waals surface area contributed by atoms with E-state index < -0.39 is 0 Å². The highest BCUT2D eigenvalue weighted by molar-refractivity contribution is 6.30. The van der Waals surface area contributed by atoms with Crippen LogP contribution in [0, 0.1) is 6.92 Å². The van der Waals surface area contributed by atoms with E-state index in [9.17, 15) is 0 Å². The maximum Gasteiger partial charge on any atom is 0.137 e. The van der Waals surface area contributed by atoms with E-state index in [1.165, 1.54) is 12.8 Å². The van der Waals surface area contributed by atoms with Crippen molar-refractivity contribution in [2.24, 2.45) is 0 Å². The molecule has 1 aliphatic heterocycles. The summed E-state index contributed by atoms with van der Waals surface area (Å²) >= 11 is 6.15. The first-order chi connectivity index (χ1) is 9.20. The van der Waals surface area contributed by atoms with Crippen LogP contribution in [0.5, 0.6) is 0 Å². The molecular weight excluding hydrogens is 262 g/mol. The quantitative estimate of drug-likeness (QED) is 0.842. The van der Waals surface area contributed by atoms with Crippen LogP contribution >= 0.6 is 11.6 Å². The Bertz CT molecular complexity index is 419. The van der Waals surface area contributed by atoms with Crippen molar-refractivity contribution in [1.29, 1.82) is 0 Å². The predicted octanol–water partition coefficient (Wildman–Crippen LogP) is 3.37. The minimum absolute atomic E-state index is 0.288. The first-order valence-corrected chi connectivity index (χ1v) is 7.47. The SMILES string of the molecule is CCCc1nc(Cl)c(C)c(NCC2CCCCO2)n1. The molecule has 0 amide bonds. The summed E-state index contributed by atoms with van der Waals surface area (Å²) in [4.78, 5) is 8.85. The lowest BCUT2D eigenvalue weighted by Crippen LogP contribution is -2.27. The summed E-state index contributed by atoms with van der Waals surface area (Å²) in [7, 11) is 0. The molecule has 0 spiro atoms. The van der Waals surface area contributed by atoms with Gasteiger partial charge in [-0.15, -0.1) is 0 Å². The maximum atomic E-state index is 6.15. The molecule has 1 N–H and O–H groups in total. The Balaban J connectivity index is 2.01. The molecule has 2 heterocycles. The average Bonchev–Trinajstić information content (AvgIpc) is 2.42. The minimum atomic E-state index is 0.288. The molecule has 1 aliphatic rings. The highest BCUT2D eigenvalue weighted by atomic mass is 35.5. The van der Waals surface area contributed by atoms with Crippen LogP contribution in [0.4, 0.5) is 5.82 Å². The van der Waals surface area contributed by atoms with Crippen LogP contribution in [0.15, 0.2) is 0 Å². The van der Waals surface area contributed by atoms with Gasteiger partial charge in [0.2, 0.25) is 0 Å². The zero-order valence-electron chi connectivity index (χ0n) is 11.7. The molecule has 0 aromatic carbocycles. The molecule has 106 valence electrons. The maximum absolute atomic E-state index is 6.15. The van der Waals surface area contributed by atoms with Gasteiger partial charge in [0.25, 0.3) is 0 Å². The molecule has 1 aromatic heterocycles. The Morgan fingerprint density at radius 1 is 1.37 bits per heavy atom. The van der Waals surface area contributed by atoms with Gasteiger partial charge in [-0.05, 0) is 32.6 Å². The van der Waals surface area contributed by atoms with Gasteiger partial charge in [-0.3, -0.25) is 0 Å². The van der Waals surface area contributed by atoms with Crippen LogP contribution in [-0.2, 0) is 11.2 Å². The van der Waals surface area contributed by atoms with E-state index in [1.54, 1.807) is 0 Å². The molecule has 1 unspecified atom stereocenters. The van der Waals surface area contributed by atoms with Gasteiger partial charge in [0, 0.05) is 25.1 Å². The van der Waals surface area contributed by atoms with E-state index in [4.69, 9.17) is 16.3 Å². The lowest BCUT2D eigenvalue weighted by molar-refractivity contribution is 0.0247. The molecule has 0 saturated carbocycles. The van der Waals surface area contributed by atoms with Crippen molar-refractivity contribution in [3.05, 3.63) is 16.5 Å². The van der Waals surface area contributed by atoms with E-state index in [2.05, 4.69) is 22.2 Å². The van der Waals surface area contributed by atoms with Crippen molar-refractivity contribution in [2.45, 2.75) is 52.1 Å². The Labute approximate surface area is 119 Å². The standard InChI is InChI=1S/C14H22ClN3O/c1-3-6-12-17-13(15)10(2)14(18-12)16-9-11-7-4-5-8-19-11/h11H,3-9H2,1-2H3,(H,16,17,18). The van der Waals surface area contributed by atoms with E-state index in [1.807, 2.05) is 6.92 Å². The number of hydrogen-bond donors (Lipinski definition) is 1. The van der Waals surface area contributed by atoms with Crippen molar-refractivity contribution >= 4 is 17.4 Å². The predicted molar refractivity (Wildman–Crippen MR) is 77.9 cm³/mol. The van der Waals surface area contributed by atoms with Gasteiger partial charge >= 0.3 is 0 Å². The van der Waals surface area contributed by atoms with E-state index in [0.717, 1.165) is 49.6 Å². The topological polar surface area (TPSA) is 47.0 Å². The fourth-order valence-electron chi connectivity index (χ4n) is 2.22. The molecule has 1 atom stereocenters. The third-order valence-electron chi connectivity index (χ3n) is 3.38. The number of nitrogens with one attached hydrogen (secondary N) is 1. The van der Waals surface area contributed by atoms with Gasteiger partial charge in [0.15, 0.2) is 0 Å². The Morgan fingerprint density at radius 3 is 2.89 bits per heavy atom. The molecule has 1 aromatic rings. The van der Waals surface area contributed by atoms with Gasteiger partial charge in [0.1, 0.15) is 16.8 Å². The van der Waals surface area contributed by atoms with Crippen LogP contribution in [-0.4, -0.2) is 29.2 Å². The zero-order chi connectivity index (χ0) is 13.7. The zero-order valence-corrected chi connectivity index (χ0v) is 12.5. The smallest absolute Gasteiger partial charge is 0.137 e. The third kappa shape index (κ3) is 4.05. The fourth-order valence-corrected chi connectivity index (χ4v) is 2.41. The van der Waals surface area contributed by atoms with Crippen molar-refractivity contribution in [2.75, 3.05) is 18.5 Å². The molecular formula is C14H22ClN3O. The monoisotopic (exact) mass is 283 g/mol. The van der Waals surface area contributed by atoms with Gasteiger partial charge in [-0.1, -0.05) is 18.5 Å². The molecule has 1 fully saturated rings. The Kier molecular flexibility index (Phi) is 5.40. The molecule has 0 radical (unpaired) electrons. The summed E-state index contributed by atoms with van der Waals surface area (Å²) in [6, 6.07) is 0. The highest BCUT2D eigenvalue weighted by Gasteiger charge is 2.15. The normalized spacial score (nSPS) is 19.4. The van der Waals surface area contributed by atoms with Gasteiger partial charge in [-0.25, -0.2) is 9.97 Å². The summed E-state index contributed by atoms with van der Waals surface area (Å²) in [5, 5.41) is 3.91. The third-order valence-corrected chi connectivity index (χ3v) is 3.75. The van der Waals surface area contributed by atoms with Gasteiger partial charge in [0.05, 0.1) is 6.10 Å². The van der Waals surface area contributed by atoms with Crippen LogP contribution in [0.2, 0.25) is 5.15 Å². The summed E-state index contributed by atoms with van der Waals surface area (Å²) in [6.45, 7) is 5.72. The van der Waals surface area contributed by atoms with Crippen molar-refractivity contribution in [3.63, 3.8) is 0 Å². The summed E-state index contributed by atoms with van der Waals surface area (Å²) in [5.74, 6) is 1.66. The first kappa shape index (κ1) is 14.5. The van der Waals surface area contributed by atoms with E-state index >= 15 is 0 Å². The molecule has 1 saturated heterocycles. The van der Waals surface area contributed by atoms with Gasteiger partial charge in [-0.2, -0.15) is 0 Å². The lowest BCUT2D eigenvalue weighted by Gasteiger charge is -2.23. The Hall–Kier alpha value is -0.870. The summed E-state index contributed by atoms with van der Waals surface area (Å²) in [6.07, 6.45) is 5.70. The summed E-state index contributed by atoms with van der Waals surface area (Å²) < 4.78 is 5.71. The number of anilines is 1. The molecule has 19 heavy (non-hydrogen) atoms. The number of hydrogen-bond acceptors (Lipinski definition) is 4. The van der Waals surface area contributed by atoms with Crippen LogP contribution in [0.25, 0.3) is 0 Å². The number of nitrogens with zero attached hydrogens (tertiary/aromatic N) is 2. The van der Waals surface area contributed by atoms with Crippen LogP contribution in [0.1, 0.15) is 44.0 Å². The number of aryl methyl sites for hydroxylation is 1. The second-order valence-corrected chi connectivity index (χ2v) is 5.38. The van der Waals surface area contributed by atoms with Crippen LogP contribution in [0.3, 0.4) is 0 Å². The average molecular weight is 284 g/mol. The van der Waals surface area contributed by atoms with Gasteiger partial charge < -0.3 is 10.1 Å². The second kappa shape index (κ2) is 7.06. The Morgan fingerprint density at radius 2 is 2.21 bits per heavy atom. The molecule has 4 nitrogen and oxygen atoms in total. The fraction of sp³-hybridized carbons (Fsp3) is 0.714. The summed E-state index contributed by atoms with van der Waals surface area (Å²) in [5.41, 5.74) is 0.914. The largest absolute Gasteiger partial charge is 0.376 e. The van der Waals surface area contributed by atoms with Crippen molar-refractivity contribution < 1.29 is 4.74 Å². The van der Waals surface area contributed by atoms with Crippen molar-refractivity contribution in [3.8, 4) is 0 Å². The lowest BCUT2D eigenvalue weighted by atomic mass is 10.1. The number of ether oxygens (including phenoxy) is 1. The number of aromatic nitrogens is 2. The minimum Gasteiger partial charge on any atom is -0.376 e. The number of rotatable bonds is 5. The van der Waals surface area contributed by atoms with Crippen LogP contribution < -0.4 is 5.32 Å². The van der Waals surface area contributed by atoms with E-state index in [-0.39, 0.29) is 6.10 Å². The molecule has 2 rings (SSSR count). The second-order valence-electron chi connectivity index (χ2n) is 5.02. The molecule has 5 heteroatoms. The molecule has 0 aliphatic carbocycles. The van der Waals surface area contributed by atoms with Crippen molar-refractivity contribution in [1.82, 2.24) is 9.97 Å². The molecule has 0 bridgehead atoms. The van der Waals surface area contributed by atoms with E-state index in [0.29, 0.717) is 5.15 Å². The first-order valence-electron chi connectivity index (χ1n) is 7.09. The number of halogens is 1. The highest BCUT2D eigenvalue weighted by Crippen LogP contribution is 2.21.